The molecular formula is C30H27Cl2N3OS. The molecule has 5 rings (SSSR count). The molecule has 1 aromatic heterocycles. The maximum absolute atomic E-state index is 13.6. The van der Waals surface area contributed by atoms with Crippen molar-refractivity contribution in [1.82, 2.24) is 9.47 Å². The van der Waals surface area contributed by atoms with E-state index in [1.807, 2.05) is 65.6 Å². The van der Waals surface area contributed by atoms with E-state index in [4.69, 9.17) is 28.2 Å². The lowest BCUT2D eigenvalue weighted by Gasteiger charge is -2.22. The zero-order valence-electron chi connectivity index (χ0n) is 20.9. The Labute approximate surface area is 231 Å². The quantitative estimate of drug-likeness (QED) is 0.226. The van der Waals surface area contributed by atoms with Crippen LogP contribution < -0.4 is 0 Å². The summed E-state index contributed by atoms with van der Waals surface area (Å²) in [5, 5.41) is 2.88. The number of rotatable bonds is 6. The van der Waals surface area contributed by atoms with E-state index in [9.17, 15) is 4.79 Å². The lowest BCUT2D eigenvalue weighted by atomic mass is 10.1. The molecule has 0 spiro atoms. The lowest BCUT2D eigenvalue weighted by Crippen LogP contribution is -2.36. The minimum atomic E-state index is -0.00785. The molecule has 0 saturated carbocycles. The summed E-state index contributed by atoms with van der Waals surface area (Å²) in [6.07, 6.45) is 4.93. The van der Waals surface area contributed by atoms with Gasteiger partial charge >= 0.3 is 0 Å². The van der Waals surface area contributed by atoms with Crippen molar-refractivity contribution < 1.29 is 4.79 Å². The van der Waals surface area contributed by atoms with Gasteiger partial charge in [0.15, 0.2) is 5.17 Å². The molecule has 188 valence electrons. The molecule has 0 bridgehead atoms. The number of amidine groups is 1. The van der Waals surface area contributed by atoms with E-state index < -0.39 is 0 Å². The van der Waals surface area contributed by atoms with Gasteiger partial charge in [-0.15, -0.1) is 0 Å². The lowest BCUT2D eigenvalue weighted by molar-refractivity contribution is -0.123. The van der Waals surface area contributed by atoms with Crippen LogP contribution in [-0.2, 0) is 11.3 Å². The molecule has 4 aromatic rings. The molecule has 0 aliphatic carbocycles. The maximum Gasteiger partial charge on any atom is 0.267 e. The molecule has 0 unspecified atom stereocenters. The van der Waals surface area contributed by atoms with Crippen LogP contribution in [0.5, 0.6) is 0 Å². The third-order valence-electron chi connectivity index (χ3n) is 6.57. The van der Waals surface area contributed by atoms with Gasteiger partial charge in [0.05, 0.1) is 20.6 Å². The van der Waals surface area contributed by atoms with Crippen molar-refractivity contribution in [3.8, 4) is 0 Å². The summed E-state index contributed by atoms with van der Waals surface area (Å²) in [5.74, 6) is -0.00785. The Balaban J connectivity index is 1.53. The molecule has 3 aromatic carbocycles. The van der Waals surface area contributed by atoms with Crippen LogP contribution in [0.4, 0.5) is 5.69 Å². The number of hydrogen-bond acceptors (Lipinski definition) is 3. The fourth-order valence-corrected chi connectivity index (χ4v) is 5.76. The standard InChI is InChI=1S/C30H27Cl2N3OS/c1-4-20(3)35-29(36)28(37-30(35)33-23-12-9-19(2)10-13-23)16-22-18-34(27-8-6-5-7-24(22)27)17-21-11-14-25(31)26(32)15-21/h5-16,18,20H,4,17H2,1-3H3/b28-16+,33-30?/t20-/m0/s1. The van der Waals surface area contributed by atoms with Crippen LogP contribution in [0, 0.1) is 6.92 Å². The number of carbonyl (C=O) groups excluding carboxylic acids is 1. The number of halogens is 2. The monoisotopic (exact) mass is 547 g/mol. The second kappa shape index (κ2) is 10.8. The fraction of sp³-hybridized carbons (Fsp3) is 0.200. The van der Waals surface area contributed by atoms with Crippen molar-refractivity contribution in [2.45, 2.75) is 39.8 Å². The van der Waals surface area contributed by atoms with Crippen molar-refractivity contribution in [1.29, 1.82) is 0 Å². The topological polar surface area (TPSA) is 37.6 Å². The van der Waals surface area contributed by atoms with Crippen LogP contribution in [0.1, 0.15) is 37.0 Å². The number of thioether (sulfide) groups is 1. The number of aryl methyl sites for hydroxylation is 1. The van der Waals surface area contributed by atoms with Crippen LogP contribution in [0.2, 0.25) is 10.0 Å². The summed E-state index contributed by atoms with van der Waals surface area (Å²) in [5.41, 5.74) is 5.15. The Kier molecular flexibility index (Phi) is 7.47. The van der Waals surface area contributed by atoms with E-state index >= 15 is 0 Å². The fourth-order valence-electron chi connectivity index (χ4n) is 4.36. The average Bonchev–Trinajstić information content (AvgIpc) is 3.39. The van der Waals surface area contributed by atoms with Gasteiger partial charge in [-0.05, 0) is 74.0 Å². The van der Waals surface area contributed by atoms with Crippen LogP contribution in [-0.4, -0.2) is 26.6 Å². The first-order valence-electron chi connectivity index (χ1n) is 12.2. The van der Waals surface area contributed by atoms with Gasteiger partial charge in [0.2, 0.25) is 0 Å². The Morgan fingerprint density at radius 1 is 1.03 bits per heavy atom. The second-order valence-electron chi connectivity index (χ2n) is 9.25. The molecule has 1 aliphatic rings. The van der Waals surface area contributed by atoms with E-state index in [2.05, 4.69) is 43.7 Å². The molecule has 0 radical (unpaired) electrons. The molecule has 1 saturated heterocycles. The van der Waals surface area contributed by atoms with Gasteiger partial charge < -0.3 is 4.57 Å². The van der Waals surface area contributed by atoms with Gasteiger partial charge in [0.1, 0.15) is 0 Å². The summed E-state index contributed by atoms with van der Waals surface area (Å²) in [6.45, 7) is 6.84. The van der Waals surface area contributed by atoms with E-state index in [1.165, 1.54) is 17.3 Å². The van der Waals surface area contributed by atoms with E-state index in [-0.39, 0.29) is 11.9 Å². The molecule has 2 heterocycles. The highest BCUT2D eigenvalue weighted by Crippen LogP contribution is 2.37. The van der Waals surface area contributed by atoms with E-state index in [0.29, 0.717) is 26.7 Å². The van der Waals surface area contributed by atoms with Gasteiger partial charge in [-0.2, -0.15) is 0 Å². The number of aromatic nitrogens is 1. The Morgan fingerprint density at radius 3 is 2.51 bits per heavy atom. The third-order valence-corrected chi connectivity index (χ3v) is 8.29. The highest BCUT2D eigenvalue weighted by atomic mass is 35.5. The van der Waals surface area contributed by atoms with E-state index in [1.54, 1.807) is 0 Å². The van der Waals surface area contributed by atoms with Crippen LogP contribution in [0.25, 0.3) is 17.0 Å². The van der Waals surface area contributed by atoms with Crippen LogP contribution in [0.15, 0.2) is 82.8 Å². The minimum absolute atomic E-state index is 0.00785. The van der Waals surface area contributed by atoms with Gasteiger partial charge in [-0.1, -0.05) is 72.1 Å². The number of hydrogen-bond donors (Lipinski definition) is 0. The van der Waals surface area contributed by atoms with Crippen molar-refractivity contribution in [3.63, 3.8) is 0 Å². The molecule has 7 heteroatoms. The van der Waals surface area contributed by atoms with Crippen molar-refractivity contribution in [3.05, 3.63) is 105 Å². The summed E-state index contributed by atoms with van der Waals surface area (Å²) in [6, 6.07) is 22.0. The molecule has 0 N–H and O–H groups in total. The zero-order chi connectivity index (χ0) is 26.1. The molecule has 4 nitrogen and oxygen atoms in total. The second-order valence-corrected chi connectivity index (χ2v) is 11.1. The summed E-state index contributed by atoms with van der Waals surface area (Å²) < 4.78 is 2.18. The predicted molar refractivity (Wildman–Crippen MR) is 158 cm³/mol. The van der Waals surface area contributed by atoms with Crippen molar-refractivity contribution >= 4 is 68.7 Å². The molecule has 37 heavy (non-hydrogen) atoms. The van der Waals surface area contributed by atoms with Crippen molar-refractivity contribution in [2.24, 2.45) is 4.99 Å². The smallest absolute Gasteiger partial charge is 0.267 e. The Bertz CT molecular complexity index is 1540. The van der Waals surface area contributed by atoms with Gasteiger partial charge in [0.25, 0.3) is 5.91 Å². The first kappa shape index (κ1) is 25.7. The number of amides is 1. The number of aliphatic imine (C=N–C) groups is 1. The number of benzene rings is 3. The molecule has 1 aliphatic heterocycles. The third kappa shape index (κ3) is 5.35. The first-order valence-corrected chi connectivity index (χ1v) is 13.8. The highest BCUT2D eigenvalue weighted by Gasteiger charge is 2.36. The molecule has 1 amide bonds. The summed E-state index contributed by atoms with van der Waals surface area (Å²) in [7, 11) is 0. The normalized spacial score (nSPS) is 16.9. The number of nitrogens with zero attached hydrogens (tertiary/aromatic N) is 3. The molecule has 1 atom stereocenters. The Morgan fingerprint density at radius 2 is 1.78 bits per heavy atom. The highest BCUT2D eigenvalue weighted by molar-refractivity contribution is 8.18. The minimum Gasteiger partial charge on any atom is -0.342 e. The number of para-hydroxylation sites is 1. The van der Waals surface area contributed by atoms with Crippen LogP contribution in [0.3, 0.4) is 0 Å². The summed E-state index contributed by atoms with van der Waals surface area (Å²) in [4.78, 5) is 20.9. The number of fused-ring (bicyclic) bond motifs is 1. The van der Waals surface area contributed by atoms with Gasteiger partial charge in [0, 0.05) is 35.2 Å². The Hall–Kier alpha value is -2.99. The maximum atomic E-state index is 13.6. The van der Waals surface area contributed by atoms with E-state index in [0.717, 1.165) is 34.1 Å². The zero-order valence-corrected chi connectivity index (χ0v) is 23.2. The molecular weight excluding hydrogens is 521 g/mol. The first-order chi connectivity index (χ1) is 17.8. The average molecular weight is 549 g/mol. The number of carbonyl (C=O) groups is 1. The van der Waals surface area contributed by atoms with Crippen LogP contribution >= 0.6 is 35.0 Å². The SMILES string of the molecule is CC[C@H](C)N1C(=O)/C(=C\c2cn(Cc3ccc(Cl)c(Cl)c3)c3ccccc23)SC1=Nc1ccc(C)cc1. The predicted octanol–water partition coefficient (Wildman–Crippen LogP) is 8.71. The largest absolute Gasteiger partial charge is 0.342 e. The van der Waals surface area contributed by atoms with Gasteiger partial charge in [-0.3, -0.25) is 9.69 Å². The molecule has 1 fully saturated rings. The van der Waals surface area contributed by atoms with Crippen molar-refractivity contribution in [2.75, 3.05) is 0 Å². The van der Waals surface area contributed by atoms with Gasteiger partial charge in [-0.25, -0.2) is 4.99 Å². The summed E-state index contributed by atoms with van der Waals surface area (Å²) >= 11 is 13.8.